The minimum absolute atomic E-state index is 0.618. The van der Waals surface area contributed by atoms with Crippen LogP contribution in [0.1, 0.15) is 36.6 Å². The van der Waals surface area contributed by atoms with E-state index in [9.17, 15) is 0 Å². The fourth-order valence-electron chi connectivity index (χ4n) is 1.71. The molecule has 0 fully saturated rings. The summed E-state index contributed by atoms with van der Waals surface area (Å²) in [5.74, 6) is 1.55. The molecule has 1 atom stereocenters. The van der Waals surface area contributed by atoms with Crippen molar-refractivity contribution in [1.29, 1.82) is 0 Å². The van der Waals surface area contributed by atoms with Gasteiger partial charge < -0.3 is 4.74 Å². The molecule has 96 valence electrons. The average Bonchev–Trinajstić information content (AvgIpc) is 2.82. The number of hydrogen-bond acceptors (Lipinski definition) is 2. The Morgan fingerprint density at radius 1 is 1.28 bits per heavy atom. The van der Waals surface area contributed by atoms with Crippen molar-refractivity contribution in [3.8, 4) is 5.75 Å². The summed E-state index contributed by atoms with van der Waals surface area (Å²) in [4.78, 5) is 1.23. The first-order valence-corrected chi connectivity index (χ1v) is 7.82. The van der Waals surface area contributed by atoms with Gasteiger partial charge in [-0.3, -0.25) is 0 Å². The van der Waals surface area contributed by atoms with Crippen LogP contribution in [0.15, 0.2) is 40.2 Å². The van der Waals surface area contributed by atoms with Crippen LogP contribution in [-0.4, -0.2) is 0 Å². The quantitative estimate of drug-likeness (QED) is 0.695. The molecule has 2 aromatic rings. The molecule has 18 heavy (non-hydrogen) atoms. The van der Waals surface area contributed by atoms with Gasteiger partial charge in [0.2, 0.25) is 0 Å². The molecule has 0 amide bonds. The molecule has 0 aliphatic carbocycles. The SMILES string of the molecule is CCC(C)c1ccc(OCc2cc(Br)cs2)cc1. The monoisotopic (exact) mass is 324 g/mol. The van der Waals surface area contributed by atoms with Crippen LogP contribution in [0.5, 0.6) is 5.75 Å². The summed E-state index contributed by atoms with van der Waals surface area (Å²) in [6.07, 6.45) is 1.17. The predicted molar refractivity (Wildman–Crippen MR) is 81.5 cm³/mol. The van der Waals surface area contributed by atoms with Crippen LogP contribution in [0.3, 0.4) is 0 Å². The molecule has 0 saturated heterocycles. The van der Waals surface area contributed by atoms with Gasteiger partial charge in [0.05, 0.1) is 0 Å². The zero-order chi connectivity index (χ0) is 13.0. The van der Waals surface area contributed by atoms with Crippen LogP contribution in [-0.2, 0) is 6.61 Å². The van der Waals surface area contributed by atoms with Crippen LogP contribution >= 0.6 is 27.3 Å². The first-order chi connectivity index (χ1) is 8.69. The molecule has 2 rings (SSSR count). The highest BCUT2D eigenvalue weighted by molar-refractivity contribution is 9.10. The Morgan fingerprint density at radius 3 is 2.56 bits per heavy atom. The molecule has 0 saturated carbocycles. The number of thiophene rings is 1. The highest BCUT2D eigenvalue weighted by atomic mass is 79.9. The Balaban J connectivity index is 1.94. The number of ether oxygens (including phenoxy) is 1. The third kappa shape index (κ3) is 3.59. The van der Waals surface area contributed by atoms with E-state index in [4.69, 9.17) is 4.74 Å². The highest BCUT2D eigenvalue weighted by Gasteiger charge is 2.03. The Morgan fingerprint density at radius 2 is 2.00 bits per heavy atom. The number of halogens is 1. The van der Waals surface area contributed by atoms with E-state index in [1.54, 1.807) is 11.3 Å². The molecule has 1 aromatic heterocycles. The molecular weight excluding hydrogens is 308 g/mol. The average molecular weight is 325 g/mol. The zero-order valence-corrected chi connectivity index (χ0v) is 13.1. The van der Waals surface area contributed by atoms with E-state index in [0.717, 1.165) is 10.2 Å². The maximum absolute atomic E-state index is 5.76. The van der Waals surface area contributed by atoms with Crippen LogP contribution in [0.25, 0.3) is 0 Å². The van der Waals surface area contributed by atoms with E-state index in [0.29, 0.717) is 12.5 Å². The topological polar surface area (TPSA) is 9.23 Å². The molecule has 1 aromatic carbocycles. The van der Waals surface area contributed by atoms with Gasteiger partial charge in [0.15, 0.2) is 0 Å². The molecule has 1 heterocycles. The smallest absolute Gasteiger partial charge is 0.122 e. The van der Waals surface area contributed by atoms with Gasteiger partial charge in [-0.25, -0.2) is 0 Å². The number of hydrogen-bond donors (Lipinski definition) is 0. The van der Waals surface area contributed by atoms with Crippen LogP contribution in [0.2, 0.25) is 0 Å². The normalized spacial score (nSPS) is 12.4. The molecule has 0 bridgehead atoms. The first-order valence-electron chi connectivity index (χ1n) is 6.14. The summed E-state index contributed by atoms with van der Waals surface area (Å²) >= 11 is 5.16. The maximum atomic E-state index is 5.76. The lowest BCUT2D eigenvalue weighted by atomic mass is 9.99. The van der Waals surface area contributed by atoms with Crippen molar-refractivity contribution < 1.29 is 4.74 Å². The molecular formula is C15H17BrOS. The van der Waals surface area contributed by atoms with Gasteiger partial charge in [-0.15, -0.1) is 11.3 Å². The Labute approximate surface area is 121 Å². The van der Waals surface area contributed by atoms with E-state index in [1.807, 2.05) is 0 Å². The second-order valence-electron chi connectivity index (χ2n) is 4.40. The van der Waals surface area contributed by atoms with Gasteiger partial charge in [0, 0.05) is 14.7 Å². The highest BCUT2D eigenvalue weighted by Crippen LogP contribution is 2.24. The van der Waals surface area contributed by atoms with E-state index in [-0.39, 0.29) is 0 Å². The fourth-order valence-corrected chi connectivity index (χ4v) is 3.07. The lowest BCUT2D eigenvalue weighted by molar-refractivity contribution is 0.309. The van der Waals surface area contributed by atoms with E-state index >= 15 is 0 Å². The van der Waals surface area contributed by atoms with Gasteiger partial charge in [0.25, 0.3) is 0 Å². The Kier molecular flexibility index (Phi) is 4.84. The fraction of sp³-hybridized carbons (Fsp3) is 0.333. The molecule has 0 N–H and O–H groups in total. The number of benzene rings is 1. The minimum atomic E-state index is 0.618. The van der Waals surface area contributed by atoms with E-state index in [2.05, 4.69) is 65.5 Å². The lowest BCUT2D eigenvalue weighted by Gasteiger charge is -2.10. The molecule has 0 radical (unpaired) electrons. The second-order valence-corrected chi connectivity index (χ2v) is 6.31. The van der Waals surface area contributed by atoms with Gasteiger partial charge >= 0.3 is 0 Å². The first kappa shape index (κ1) is 13.6. The van der Waals surface area contributed by atoms with Gasteiger partial charge in [-0.1, -0.05) is 26.0 Å². The summed E-state index contributed by atoms with van der Waals surface area (Å²) < 4.78 is 6.89. The number of rotatable bonds is 5. The van der Waals surface area contributed by atoms with Crippen molar-refractivity contribution in [1.82, 2.24) is 0 Å². The third-order valence-corrected chi connectivity index (χ3v) is 4.74. The third-order valence-electron chi connectivity index (χ3n) is 3.06. The van der Waals surface area contributed by atoms with Crippen molar-refractivity contribution >= 4 is 27.3 Å². The Bertz CT molecular complexity index is 489. The van der Waals surface area contributed by atoms with Gasteiger partial charge in [-0.2, -0.15) is 0 Å². The maximum Gasteiger partial charge on any atom is 0.122 e. The summed E-state index contributed by atoms with van der Waals surface area (Å²) in [6.45, 7) is 5.10. The van der Waals surface area contributed by atoms with Crippen LogP contribution in [0, 0.1) is 0 Å². The lowest BCUT2D eigenvalue weighted by Crippen LogP contribution is -1.94. The summed E-state index contributed by atoms with van der Waals surface area (Å²) in [7, 11) is 0. The van der Waals surface area contributed by atoms with Gasteiger partial charge in [-0.05, 0) is 52.0 Å². The molecule has 1 nitrogen and oxygen atoms in total. The predicted octanol–water partition coefficient (Wildman–Crippen LogP) is 5.60. The zero-order valence-electron chi connectivity index (χ0n) is 10.7. The summed E-state index contributed by atoms with van der Waals surface area (Å²) in [6, 6.07) is 10.5. The Hall–Kier alpha value is -0.800. The van der Waals surface area contributed by atoms with E-state index in [1.165, 1.54) is 16.9 Å². The molecule has 0 aliphatic rings. The van der Waals surface area contributed by atoms with Crippen molar-refractivity contribution in [3.05, 3.63) is 50.6 Å². The minimum Gasteiger partial charge on any atom is -0.488 e. The molecule has 1 unspecified atom stereocenters. The van der Waals surface area contributed by atoms with Crippen molar-refractivity contribution in [3.63, 3.8) is 0 Å². The summed E-state index contributed by atoms with van der Waals surface area (Å²) in [5, 5.41) is 2.07. The van der Waals surface area contributed by atoms with Crippen LogP contribution < -0.4 is 4.74 Å². The van der Waals surface area contributed by atoms with Crippen LogP contribution in [0.4, 0.5) is 0 Å². The van der Waals surface area contributed by atoms with E-state index < -0.39 is 0 Å². The van der Waals surface area contributed by atoms with Crippen molar-refractivity contribution in [2.24, 2.45) is 0 Å². The molecule has 0 aliphatic heterocycles. The summed E-state index contributed by atoms with van der Waals surface area (Å²) in [5.41, 5.74) is 1.38. The molecule has 0 spiro atoms. The van der Waals surface area contributed by atoms with Crippen molar-refractivity contribution in [2.75, 3.05) is 0 Å². The van der Waals surface area contributed by atoms with Gasteiger partial charge in [0.1, 0.15) is 12.4 Å². The largest absolute Gasteiger partial charge is 0.488 e. The second kappa shape index (κ2) is 6.39. The van der Waals surface area contributed by atoms with Crippen molar-refractivity contribution in [2.45, 2.75) is 32.8 Å². The standard InChI is InChI=1S/C15H17BrOS/c1-3-11(2)12-4-6-14(7-5-12)17-9-15-8-13(16)10-18-15/h4-8,10-11H,3,9H2,1-2H3. The molecule has 3 heteroatoms.